The van der Waals surface area contributed by atoms with Gasteiger partial charge >= 0.3 is 6.03 Å². The number of ether oxygens (including phenoxy) is 1. The lowest BCUT2D eigenvalue weighted by Gasteiger charge is -2.27. The summed E-state index contributed by atoms with van der Waals surface area (Å²) in [5.74, 6) is 0.673. The number of carbonyl (C=O) groups excluding carboxylic acids is 2. The first-order valence-corrected chi connectivity index (χ1v) is 7.36. The van der Waals surface area contributed by atoms with E-state index in [1.165, 1.54) is 13.4 Å². The van der Waals surface area contributed by atoms with Crippen molar-refractivity contribution in [2.24, 2.45) is 0 Å². The fraction of sp³-hybridized carbons (Fsp3) is 0.176. The van der Waals surface area contributed by atoms with Crippen LogP contribution in [-0.2, 0) is 4.79 Å². The molecule has 3 N–H and O–H groups in total. The highest BCUT2D eigenvalue weighted by Crippen LogP contribution is 2.29. The van der Waals surface area contributed by atoms with E-state index in [-0.39, 0.29) is 11.9 Å². The number of methoxy groups -OCH3 is 1. The van der Waals surface area contributed by atoms with Crippen molar-refractivity contribution in [3.8, 4) is 5.75 Å². The lowest BCUT2D eigenvalue weighted by atomic mass is 9.99. The maximum absolute atomic E-state index is 12.8. The highest BCUT2D eigenvalue weighted by molar-refractivity contribution is 6.07. The third-order valence-electron chi connectivity index (χ3n) is 3.70. The molecular weight excluding hydrogens is 310 g/mol. The number of carbonyl (C=O) groups is 2. The van der Waals surface area contributed by atoms with Gasteiger partial charge in [0, 0.05) is 5.70 Å². The van der Waals surface area contributed by atoms with E-state index < -0.39 is 6.04 Å². The van der Waals surface area contributed by atoms with Crippen molar-refractivity contribution in [1.29, 1.82) is 0 Å². The smallest absolute Gasteiger partial charge is 0.319 e. The first-order chi connectivity index (χ1) is 11.6. The van der Waals surface area contributed by atoms with E-state index in [0.717, 1.165) is 0 Å². The van der Waals surface area contributed by atoms with E-state index in [4.69, 9.17) is 9.15 Å². The first kappa shape index (κ1) is 15.7. The molecule has 7 nitrogen and oxygen atoms in total. The number of para-hydroxylation sites is 2. The van der Waals surface area contributed by atoms with Crippen molar-refractivity contribution in [3.63, 3.8) is 0 Å². The third kappa shape index (κ3) is 2.96. The fourth-order valence-corrected chi connectivity index (χ4v) is 2.60. The second-order valence-electron chi connectivity index (χ2n) is 5.24. The minimum Gasteiger partial charge on any atom is -0.495 e. The molecule has 3 amide bonds. The van der Waals surface area contributed by atoms with E-state index in [1.54, 1.807) is 37.3 Å². The van der Waals surface area contributed by atoms with Gasteiger partial charge in [-0.1, -0.05) is 12.1 Å². The standard InChI is InChI=1S/C17H17N3O4/c1-10-14(15(20-17(22)18-10)13-8-5-9-24-13)16(21)19-11-6-3-4-7-12(11)23-2/h3-9,15H,1-2H3,(H,19,21)(H2,18,20,22)/t15-/m1/s1. The number of rotatable bonds is 4. The number of hydrogen-bond acceptors (Lipinski definition) is 4. The van der Waals surface area contributed by atoms with Gasteiger partial charge in [0.1, 0.15) is 17.6 Å². The third-order valence-corrected chi connectivity index (χ3v) is 3.70. The van der Waals surface area contributed by atoms with Crippen LogP contribution in [0.2, 0.25) is 0 Å². The molecule has 1 atom stereocenters. The zero-order chi connectivity index (χ0) is 17.1. The number of anilines is 1. The molecule has 7 heteroatoms. The summed E-state index contributed by atoms with van der Waals surface area (Å²) >= 11 is 0. The van der Waals surface area contributed by atoms with Crippen molar-refractivity contribution in [2.45, 2.75) is 13.0 Å². The van der Waals surface area contributed by atoms with E-state index in [9.17, 15) is 9.59 Å². The predicted octanol–water partition coefficient (Wildman–Crippen LogP) is 2.55. The zero-order valence-electron chi connectivity index (χ0n) is 13.3. The van der Waals surface area contributed by atoms with Crippen LogP contribution in [0, 0.1) is 0 Å². The van der Waals surface area contributed by atoms with Crippen LogP contribution in [0.25, 0.3) is 0 Å². The number of hydrogen-bond donors (Lipinski definition) is 3. The molecule has 2 aromatic rings. The van der Waals surface area contributed by atoms with Gasteiger partial charge in [0.05, 0.1) is 24.6 Å². The summed E-state index contributed by atoms with van der Waals surface area (Å²) in [6.45, 7) is 1.67. The highest BCUT2D eigenvalue weighted by atomic mass is 16.5. The lowest BCUT2D eigenvalue weighted by Crippen LogP contribution is -2.45. The molecule has 1 aromatic carbocycles. The summed E-state index contributed by atoms with van der Waals surface area (Å²) in [6, 6.07) is 9.46. The predicted molar refractivity (Wildman–Crippen MR) is 87.4 cm³/mol. The molecule has 2 heterocycles. The number of allylic oxidation sites excluding steroid dienone is 1. The minimum atomic E-state index is -0.663. The van der Waals surface area contributed by atoms with Crippen molar-refractivity contribution in [3.05, 3.63) is 59.7 Å². The molecule has 0 radical (unpaired) electrons. The Bertz CT molecular complexity index is 796. The van der Waals surface area contributed by atoms with E-state index in [0.29, 0.717) is 28.5 Å². The largest absolute Gasteiger partial charge is 0.495 e. The van der Waals surface area contributed by atoms with Crippen LogP contribution < -0.4 is 20.7 Å². The Morgan fingerprint density at radius 1 is 1.25 bits per heavy atom. The van der Waals surface area contributed by atoms with Crippen molar-refractivity contribution < 1.29 is 18.7 Å². The maximum atomic E-state index is 12.8. The molecule has 1 aliphatic heterocycles. The van der Waals surface area contributed by atoms with Gasteiger partial charge in [-0.3, -0.25) is 4.79 Å². The van der Waals surface area contributed by atoms with Crippen LogP contribution in [0.3, 0.4) is 0 Å². The SMILES string of the molecule is COc1ccccc1NC(=O)C1=C(C)NC(=O)N[C@@H]1c1ccco1. The second kappa shape index (κ2) is 6.49. The summed E-state index contributed by atoms with van der Waals surface area (Å²) in [4.78, 5) is 24.6. The van der Waals surface area contributed by atoms with Gasteiger partial charge in [0.15, 0.2) is 0 Å². The van der Waals surface area contributed by atoms with Crippen molar-refractivity contribution in [1.82, 2.24) is 10.6 Å². The van der Waals surface area contributed by atoms with Gasteiger partial charge in [0.25, 0.3) is 5.91 Å². The molecular formula is C17H17N3O4. The van der Waals surface area contributed by atoms with E-state index in [1.807, 2.05) is 6.07 Å². The zero-order valence-corrected chi connectivity index (χ0v) is 13.3. The average molecular weight is 327 g/mol. The molecule has 0 bridgehead atoms. The van der Waals surface area contributed by atoms with Crippen LogP contribution in [-0.4, -0.2) is 19.0 Å². The first-order valence-electron chi connectivity index (χ1n) is 7.36. The van der Waals surface area contributed by atoms with Crippen molar-refractivity contribution in [2.75, 3.05) is 12.4 Å². The fourth-order valence-electron chi connectivity index (χ4n) is 2.60. The molecule has 1 aromatic heterocycles. The van der Waals surface area contributed by atoms with E-state index in [2.05, 4.69) is 16.0 Å². The molecule has 1 aliphatic rings. The minimum absolute atomic E-state index is 0.356. The number of benzene rings is 1. The molecule has 124 valence electrons. The lowest BCUT2D eigenvalue weighted by molar-refractivity contribution is -0.113. The molecule has 0 spiro atoms. The van der Waals surface area contributed by atoms with Gasteiger partial charge < -0.3 is 25.1 Å². The summed E-state index contributed by atoms with van der Waals surface area (Å²) in [7, 11) is 1.53. The molecule has 0 fully saturated rings. The molecule has 0 unspecified atom stereocenters. The van der Waals surface area contributed by atoms with Gasteiger partial charge in [-0.25, -0.2) is 4.79 Å². The Balaban J connectivity index is 1.93. The van der Waals surface area contributed by atoms with Crippen molar-refractivity contribution >= 4 is 17.6 Å². The molecule has 0 saturated heterocycles. The Morgan fingerprint density at radius 2 is 2.04 bits per heavy atom. The molecule has 0 saturated carbocycles. The van der Waals surface area contributed by atoms with Gasteiger partial charge in [-0.15, -0.1) is 0 Å². The Kier molecular flexibility index (Phi) is 4.24. The highest BCUT2D eigenvalue weighted by Gasteiger charge is 2.33. The van der Waals surface area contributed by atoms with Gasteiger partial charge in [-0.05, 0) is 31.2 Å². The van der Waals surface area contributed by atoms with Crippen LogP contribution in [0.15, 0.2) is 58.3 Å². The molecule has 3 rings (SSSR count). The second-order valence-corrected chi connectivity index (χ2v) is 5.24. The number of furan rings is 1. The maximum Gasteiger partial charge on any atom is 0.319 e. The number of nitrogens with one attached hydrogen (secondary N) is 3. The van der Waals surface area contributed by atoms with Crippen LogP contribution in [0.1, 0.15) is 18.7 Å². The van der Waals surface area contributed by atoms with Crippen LogP contribution in [0.5, 0.6) is 5.75 Å². The Labute approximate surface area is 138 Å². The topological polar surface area (TPSA) is 92.6 Å². The number of urea groups is 1. The summed E-state index contributed by atoms with van der Waals surface area (Å²) in [5, 5.41) is 8.13. The summed E-state index contributed by atoms with van der Waals surface area (Å²) in [5.41, 5.74) is 1.38. The molecule has 24 heavy (non-hydrogen) atoms. The Hall–Kier alpha value is -3.22. The average Bonchev–Trinajstić information content (AvgIpc) is 3.08. The monoisotopic (exact) mass is 327 g/mol. The van der Waals surface area contributed by atoms with Crippen LogP contribution in [0.4, 0.5) is 10.5 Å². The Morgan fingerprint density at radius 3 is 2.75 bits per heavy atom. The van der Waals surface area contributed by atoms with Gasteiger partial charge in [-0.2, -0.15) is 0 Å². The summed E-state index contributed by atoms with van der Waals surface area (Å²) < 4.78 is 10.6. The van der Waals surface area contributed by atoms with Crippen LogP contribution >= 0.6 is 0 Å². The number of amides is 3. The van der Waals surface area contributed by atoms with E-state index >= 15 is 0 Å². The summed E-state index contributed by atoms with van der Waals surface area (Å²) in [6.07, 6.45) is 1.49. The normalized spacial score (nSPS) is 17.1. The molecule has 0 aliphatic carbocycles. The quantitative estimate of drug-likeness (QED) is 0.804. The van der Waals surface area contributed by atoms with Gasteiger partial charge in [0.2, 0.25) is 0 Å².